The molecule has 0 aliphatic rings. The van der Waals surface area contributed by atoms with Crippen LogP contribution in [-0.2, 0) is 6.54 Å². The fourth-order valence-corrected chi connectivity index (χ4v) is 3.19. The van der Waals surface area contributed by atoms with Crippen molar-refractivity contribution >= 4 is 50.8 Å². The molecule has 3 aromatic rings. The van der Waals surface area contributed by atoms with Gasteiger partial charge in [0.25, 0.3) is 0 Å². The van der Waals surface area contributed by atoms with Gasteiger partial charge < -0.3 is 14.3 Å². The Morgan fingerprint density at radius 3 is 2.90 bits per heavy atom. The van der Waals surface area contributed by atoms with Gasteiger partial charge in [0.1, 0.15) is 5.75 Å². The minimum atomic E-state index is 0.559. The van der Waals surface area contributed by atoms with E-state index in [0.717, 1.165) is 26.8 Å². The predicted molar refractivity (Wildman–Crippen MR) is 91.9 cm³/mol. The van der Waals surface area contributed by atoms with Crippen molar-refractivity contribution in [1.29, 1.82) is 0 Å². The number of aromatic amines is 1. The molecule has 2 aromatic carbocycles. The third-order valence-corrected chi connectivity index (χ3v) is 4.52. The second-order valence-corrected chi connectivity index (χ2v) is 6.31. The van der Waals surface area contributed by atoms with Gasteiger partial charge in [0.15, 0.2) is 4.77 Å². The molecule has 1 N–H and O–H groups in total. The van der Waals surface area contributed by atoms with Gasteiger partial charge in [0.2, 0.25) is 0 Å². The zero-order chi connectivity index (χ0) is 15.0. The van der Waals surface area contributed by atoms with Crippen LogP contribution in [0.3, 0.4) is 0 Å². The third kappa shape index (κ3) is 2.73. The topological polar surface area (TPSA) is 29.9 Å². The minimum Gasteiger partial charge on any atom is -0.496 e. The number of nitrogens with zero attached hydrogens (tertiary/aromatic N) is 1. The monoisotopic (exact) mass is 382 g/mol. The number of hydrogen-bond donors (Lipinski definition) is 1. The lowest BCUT2D eigenvalue weighted by molar-refractivity contribution is 0.408. The summed E-state index contributed by atoms with van der Waals surface area (Å²) in [6.07, 6.45) is 0. The molecule has 3 nitrogen and oxygen atoms in total. The van der Waals surface area contributed by atoms with Crippen molar-refractivity contribution in [3.8, 4) is 5.75 Å². The molecule has 1 heterocycles. The predicted octanol–water partition coefficient (Wildman–Crippen LogP) is 5.17. The Morgan fingerprint density at radius 2 is 2.14 bits per heavy atom. The van der Waals surface area contributed by atoms with Gasteiger partial charge in [-0.2, -0.15) is 0 Å². The summed E-state index contributed by atoms with van der Waals surface area (Å²) in [5.41, 5.74) is 2.94. The molecule has 108 valence electrons. The van der Waals surface area contributed by atoms with Crippen LogP contribution in [0.1, 0.15) is 5.56 Å². The lowest BCUT2D eigenvalue weighted by atomic mass is 10.2. The Kier molecular flexibility index (Phi) is 4.06. The maximum atomic E-state index is 6.31. The van der Waals surface area contributed by atoms with Crippen LogP contribution in [0, 0.1) is 4.77 Å². The van der Waals surface area contributed by atoms with E-state index in [1.165, 1.54) is 0 Å². The first-order valence-electron chi connectivity index (χ1n) is 6.29. The Morgan fingerprint density at radius 1 is 1.33 bits per heavy atom. The van der Waals surface area contributed by atoms with E-state index in [9.17, 15) is 0 Å². The van der Waals surface area contributed by atoms with Crippen molar-refractivity contribution in [2.45, 2.75) is 6.54 Å². The zero-order valence-electron chi connectivity index (χ0n) is 11.2. The molecule has 1 aromatic heterocycles. The first kappa shape index (κ1) is 14.6. The molecule has 3 rings (SSSR count). The Hall–Kier alpha value is -1.30. The Labute approximate surface area is 140 Å². The van der Waals surface area contributed by atoms with Crippen LogP contribution in [0.25, 0.3) is 11.0 Å². The normalized spacial score (nSPS) is 11.0. The number of imidazole rings is 1. The van der Waals surface area contributed by atoms with E-state index in [2.05, 4.69) is 20.9 Å². The van der Waals surface area contributed by atoms with Crippen molar-refractivity contribution in [2.24, 2.45) is 0 Å². The Bertz CT molecular complexity index is 872. The minimum absolute atomic E-state index is 0.559. The number of halogens is 2. The van der Waals surface area contributed by atoms with Crippen LogP contribution in [0.2, 0.25) is 5.02 Å². The summed E-state index contributed by atoms with van der Waals surface area (Å²) in [4.78, 5) is 3.21. The third-order valence-electron chi connectivity index (χ3n) is 3.35. The summed E-state index contributed by atoms with van der Waals surface area (Å²) in [6.45, 7) is 0.559. The van der Waals surface area contributed by atoms with Crippen LogP contribution in [0.5, 0.6) is 5.75 Å². The van der Waals surface area contributed by atoms with E-state index >= 15 is 0 Å². The summed E-state index contributed by atoms with van der Waals surface area (Å²) in [5.74, 6) is 0.760. The number of methoxy groups -OCH3 is 1. The Balaban J connectivity index is 2.15. The summed E-state index contributed by atoms with van der Waals surface area (Å²) in [6, 6.07) is 11.6. The van der Waals surface area contributed by atoms with Gasteiger partial charge in [0.05, 0.1) is 24.7 Å². The standard InChI is InChI=1S/C15H12BrClN2OS/c1-20-14-4-2-3-11(17)10(14)8-19-13-6-5-9(16)7-12(13)18-15(19)21/h2-7H,8H2,1H3,(H,18,21). The van der Waals surface area contributed by atoms with E-state index in [-0.39, 0.29) is 0 Å². The number of fused-ring (bicyclic) bond motifs is 1. The van der Waals surface area contributed by atoms with Gasteiger partial charge >= 0.3 is 0 Å². The SMILES string of the molecule is COc1cccc(Cl)c1Cn1c(=S)[nH]c2cc(Br)ccc21. The maximum Gasteiger partial charge on any atom is 0.178 e. The van der Waals surface area contributed by atoms with Gasteiger partial charge in [0, 0.05) is 15.1 Å². The first-order chi connectivity index (χ1) is 10.1. The average Bonchev–Trinajstić information content (AvgIpc) is 2.76. The molecule has 0 saturated heterocycles. The number of aromatic nitrogens is 2. The number of H-pyrrole nitrogens is 1. The van der Waals surface area contributed by atoms with Crippen LogP contribution >= 0.6 is 39.7 Å². The highest BCUT2D eigenvalue weighted by Gasteiger charge is 2.11. The van der Waals surface area contributed by atoms with Gasteiger partial charge in [-0.25, -0.2) is 0 Å². The lowest BCUT2D eigenvalue weighted by Crippen LogP contribution is -2.02. The average molecular weight is 384 g/mol. The maximum absolute atomic E-state index is 6.31. The van der Waals surface area contributed by atoms with Crippen LogP contribution in [0.15, 0.2) is 40.9 Å². The van der Waals surface area contributed by atoms with E-state index in [1.54, 1.807) is 7.11 Å². The van der Waals surface area contributed by atoms with Crippen molar-refractivity contribution < 1.29 is 4.74 Å². The van der Waals surface area contributed by atoms with Crippen molar-refractivity contribution in [2.75, 3.05) is 7.11 Å². The highest BCUT2D eigenvalue weighted by molar-refractivity contribution is 9.10. The number of hydrogen-bond acceptors (Lipinski definition) is 2. The molecular weight excluding hydrogens is 372 g/mol. The van der Waals surface area contributed by atoms with Gasteiger partial charge in [-0.1, -0.05) is 33.6 Å². The summed E-state index contributed by atoms with van der Waals surface area (Å²) < 4.78 is 9.08. The fraction of sp³-hybridized carbons (Fsp3) is 0.133. The molecule has 0 aliphatic heterocycles. The van der Waals surface area contributed by atoms with Gasteiger partial charge in [-0.05, 0) is 42.5 Å². The molecular formula is C15H12BrClN2OS. The summed E-state index contributed by atoms with van der Waals surface area (Å²) >= 11 is 15.2. The smallest absolute Gasteiger partial charge is 0.178 e. The van der Waals surface area contributed by atoms with Crippen LogP contribution < -0.4 is 4.74 Å². The summed E-state index contributed by atoms with van der Waals surface area (Å²) in [7, 11) is 1.64. The number of benzene rings is 2. The molecule has 0 atom stereocenters. The molecule has 0 saturated carbocycles. The number of nitrogens with one attached hydrogen (secondary N) is 1. The van der Waals surface area contributed by atoms with Crippen molar-refractivity contribution in [3.63, 3.8) is 0 Å². The van der Waals surface area contributed by atoms with Crippen molar-refractivity contribution in [3.05, 3.63) is 56.2 Å². The zero-order valence-corrected chi connectivity index (χ0v) is 14.3. The molecule has 0 fully saturated rings. The number of rotatable bonds is 3. The second kappa shape index (κ2) is 5.83. The molecule has 21 heavy (non-hydrogen) atoms. The molecule has 0 unspecified atom stereocenters. The molecule has 0 spiro atoms. The van der Waals surface area contributed by atoms with E-state index in [4.69, 9.17) is 28.6 Å². The molecule has 6 heteroatoms. The molecule has 0 amide bonds. The van der Waals surface area contributed by atoms with Crippen LogP contribution in [0.4, 0.5) is 0 Å². The van der Waals surface area contributed by atoms with Gasteiger partial charge in [-0.3, -0.25) is 0 Å². The van der Waals surface area contributed by atoms with Gasteiger partial charge in [-0.15, -0.1) is 0 Å². The largest absolute Gasteiger partial charge is 0.496 e. The van der Waals surface area contributed by atoms with E-state index in [1.807, 2.05) is 41.0 Å². The molecule has 0 radical (unpaired) electrons. The highest BCUT2D eigenvalue weighted by Crippen LogP contribution is 2.29. The number of ether oxygens (including phenoxy) is 1. The first-order valence-corrected chi connectivity index (χ1v) is 7.87. The molecule has 0 aliphatic carbocycles. The van der Waals surface area contributed by atoms with E-state index in [0.29, 0.717) is 16.3 Å². The van der Waals surface area contributed by atoms with Crippen LogP contribution in [-0.4, -0.2) is 16.7 Å². The lowest BCUT2D eigenvalue weighted by Gasteiger charge is -2.11. The highest BCUT2D eigenvalue weighted by atomic mass is 79.9. The fourth-order valence-electron chi connectivity index (χ4n) is 2.33. The van der Waals surface area contributed by atoms with E-state index < -0.39 is 0 Å². The van der Waals surface area contributed by atoms with Crippen molar-refractivity contribution in [1.82, 2.24) is 9.55 Å². The molecule has 0 bridgehead atoms. The summed E-state index contributed by atoms with van der Waals surface area (Å²) in [5, 5.41) is 0.669. The second-order valence-electron chi connectivity index (χ2n) is 4.60. The quantitative estimate of drug-likeness (QED) is 0.632.